The van der Waals surface area contributed by atoms with Crippen molar-refractivity contribution in [3.8, 4) is 0 Å². The topological polar surface area (TPSA) is 47.0 Å². The highest BCUT2D eigenvalue weighted by Gasteiger charge is 2.40. The van der Waals surface area contributed by atoms with Gasteiger partial charge in [-0.25, -0.2) is 9.97 Å². The first kappa shape index (κ1) is 14.9. The third-order valence-electron chi connectivity index (χ3n) is 3.84. The maximum absolute atomic E-state index is 12.6. The fourth-order valence-electron chi connectivity index (χ4n) is 2.78. The second-order valence-corrected chi connectivity index (χ2v) is 6.54. The van der Waals surface area contributed by atoms with Crippen LogP contribution in [0.4, 0.5) is 19.1 Å². The van der Waals surface area contributed by atoms with E-state index < -0.39 is 11.9 Å². The number of anilines is 1. The second-order valence-electron chi connectivity index (χ2n) is 5.43. The summed E-state index contributed by atoms with van der Waals surface area (Å²) in [7, 11) is 0. The molecule has 2 aliphatic rings. The molecule has 0 aromatic carbocycles. The average Bonchev–Trinajstić information content (AvgIpc) is 2.86. The lowest BCUT2D eigenvalue weighted by Crippen LogP contribution is -2.44. The van der Waals surface area contributed by atoms with Crippen LogP contribution < -0.4 is 5.32 Å². The minimum Gasteiger partial charge on any atom is -0.374 e. The van der Waals surface area contributed by atoms with Gasteiger partial charge >= 0.3 is 6.18 Å². The molecule has 1 aromatic heterocycles. The number of halogens is 3. The molecular weight excluding hydrogens is 303 g/mol. The van der Waals surface area contributed by atoms with E-state index in [4.69, 9.17) is 4.74 Å². The highest BCUT2D eigenvalue weighted by atomic mass is 32.2. The Hall–Kier alpha value is -1.02. The maximum atomic E-state index is 12.6. The van der Waals surface area contributed by atoms with E-state index in [1.807, 2.05) is 11.8 Å². The molecule has 4 nitrogen and oxygen atoms in total. The van der Waals surface area contributed by atoms with Crippen molar-refractivity contribution >= 4 is 17.7 Å². The highest BCUT2D eigenvalue weighted by Crippen LogP contribution is 2.38. The number of nitrogens with one attached hydrogen (secondary N) is 1. The van der Waals surface area contributed by atoms with Crippen LogP contribution in [0, 0.1) is 0 Å². The molecule has 2 saturated heterocycles. The summed E-state index contributed by atoms with van der Waals surface area (Å²) in [6, 6.07) is 0.936. The Bertz CT molecular complexity index is 506. The van der Waals surface area contributed by atoms with E-state index in [0.717, 1.165) is 43.0 Å². The minimum atomic E-state index is -4.45. The summed E-state index contributed by atoms with van der Waals surface area (Å²) in [6.07, 6.45) is -0.762. The van der Waals surface area contributed by atoms with Gasteiger partial charge < -0.3 is 10.1 Å². The molecule has 0 aliphatic carbocycles. The predicted octanol–water partition coefficient (Wildman–Crippen LogP) is 2.96. The van der Waals surface area contributed by atoms with Crippen molar-refractivity contribution in [3.63, 3.8) is 0 Å². The van der Waals surface area contributed by atoms with Gasteiger partial charge in [-0.15, -0.1) is 0 Å². The van der Waals surface area contributed by atoms with Crippen molar-refractivity contribution in [1.82, 2.24) is 9.97 Å². The number of hydrogen-bond acceptors (Lipinski definition) is 5. The smallest absolute Gasteiger partial charge is 0.374 e. The second kappa shape index (κ2) is 5.64. The van der Waals surface area contributed by atoms with Crippen molar-refractivity contribution in [2.24, 2.45) is 0 Å². The Kier molecular flexibility index (Phi) is 4.00. The molecule has 2 unspecified atom stereocenters. The summed E-state index contributed by atoms with van der Waals surface area (Å²) in [6.45, 7) is 0.622. The van der Waals surface area contributed by atoms with Crippen LogP contribution >= 0.6 is 11.8 Å². The maximum Gasteiger partial charge on any atom is 0.433 e. The summed E-state index contributed by atoms with van der Waals surface area (Å²) >= 11 is 1.86. The summed E-state index contributed by atoms with van der Waals surface area (Å²) in [5.41, 5.74) is -1.04. The average molecular weight is 319 g/mol. The summed E-state index contributed by atoms with van der Waals surface area (Å²) in [5, 5.41) is 3.03. The van der Waals surface area contributed by atoms with E-state index in [0.29, 0.717) is 6.61 Å². The molecule has 0 amide bonds. The van der Waals surface area contributed by atoms with Gasteiger partial charge in [-0.1, -0.05) is 0 Å². The third kappa shape index (κ3) is 3.42. The zero-order valence-electron chi connectivity index (χ0n) is 11.3. The Labute approximate surface area is 124 Å². The number of aromatic nitrogens is 2. The molecule has 116 valence electrons. The molecule has 0 radical (unpaired) electrons. The molecule has 21 heavy (non-hydrogen) atoms. The number of rotatable bonds is 2. The Morgan fingerprint density at radius 1 is 1.43 bits per heavy atom. The van der Waals surface area contributed by atoms with Gasteiger partial charge in [-0.3, -0.25) is 0 Å². The molecule has 8 heteroatoms. The Morgan fingerprint density at radius 3 is 3.00 bits per heavy atom. The first-order valence-corrected chi connectivity index (χ1v) is 8.01. The van der Waals surface area contributed by atoms with Gasteiger partial charge in [0.1, 0.15) is 5.69 Å². The molecule has 2 fully saturated rings. The SMILES string of the molecule is FC(F)(F)c1ccnc(NC2CCOC3(CCSC3)C2)n1. The zero-order chi connectivity index (χ0) is 14.9. The van der Waals surface area contributed by atoms with Crippen molar-refractivity contribution in [2.75, 3.05) is 23.4 Å². The van der Waals surface area contributed by atoms with Crippen molar-refractivity contribution in [1.29, 1.82) is 0 Å². The molecule has 1 aromatic rings. The van der Waals surface area contributed by atoms with Gasteiger partial charge in [0.2, 0.25) is 5.95 Å². The summed E-state index contributed by atoms with van der Waals surface area (Å²) < 4.78 is 43.8. The molecular formula is C13H16F3N3OS. The molecule has 0 bridgehead atoms. The third-order valence-corrected chi connectivity index (χ3v) is 5.06. The molecule has 2 atom stereocenters. The molecule has 0 saturated carbocycles. The van der Waals surface area contributed by atoms with Crippen LogP contribution in [0.2, 0.25) is 0 Å². The van der Waals surface area contributed by atoms with Crippen molar-refractivity contribution in [3.05, 3.63) is 18.0 Å². The number of thioether (sulfide) groups is 1. The first-order valence-electron chi connectivity index (χ1n) is 6.85. The lowest BCUT2D eigenvalue weighted by Gasteiger charge is -2.38. The van der Waals surface area contributed by atoms with Crippen LogP contribution in [0.3, 0.4) is 0 Å². The van der Waals surface area contributed by atoms with Gasteiger partial charge in [0.15, 0.2) is 0 Å². The van der Waals surface area contributed by atoms with Crippen LogP contribution in [0.1, 0.15) is 25.0 Å². The number of hydrogen-bond donors (Lipinski definition) is 1. The van der Waals surface area contributed by atoms with Crippen molar-refractivity contribution in [2.45, 2.75) is 37.1 Å². The largest absolute Gasteiger partial charge is 0.433 e. The summed E-state index contributed by atoms with van der Waals surface area (Å²) in [5.74, 6) is 2.07. The first-order chi connectivity index (χ1) is 9.97. The van der Waals surface area contributed by atoms with E-state index in [1.165, 1.54) is 0 Å². The molecule has 3 rings (SSSR count). The zero-order valence-corrected chi connectivity index (χ0v) is 12.1. The van der Waals surface area contributed by atoms with Gasteiger partial charge in [0.05, 0.1) is 5.60 Å². The van der Waals surface area contributed by atoms with E-state index in [1.54, 1.807) is 0 Å². The highest BCUT2D eigenvalue weighted by molar-refractivity contribution is 7.99. The van der Waals surface area contributed by atoms with E-state index in [2.05, 4.69) is 15.3 Å². The van der Waals surface area contributed by atoms with Gasteiger partial charge in [0, 0.05) is 24.6 Å². The molecule has 3 heterocycles. The fraction of sp³-hybridized carbons (Fsp3) is 0.692. The van der Waals surface area contributed by atoms with E-state index in [9.17, 15) is 13.2 Å². The lowest BCUT2D eigenvalue weighted by atomic mass is 9.90. The van der Waals surface area contributed by atoms with Crippen LogP contribution in [-0.4, -0.2) is 39.7 Å². The standard InChI is InChI=1S/C13H16F3N3OS/c14-13(15,16)10-1-4-17-11(19-10)18-9-2-5-20-12(7-9)3-6-21-8-12/h1,4,9H,2-3,5-8H2,(H,17,18,19). The number of ether oxygens (including phenoxy) is 1. The van der Waals surface area contributed by atoms with Crippen LogP contribution in [0.15, 0.2) is 12.3 Å². The molecule has 1 spiro atoms. The Morgan fingerprint density at radius 2 is 2.29 bits per heavy atom. The van der Waals surface area contributed by atoms with Gasteiger partial charge in [-0.05, 0) is 31.1 Å². The number of nitrogens with zero attached hydrogens (tertiary/aromatic N) is 2. The van der Waals surface area contributed by atoms with Crippen LogP contribution in [-0.2, 0) is 10.9 Å². The molecule has 2 aliphatic heterocycles. The fourth-order valence-corrected chi connectivity index (χ4v) is 4.16. The van der Waals surface area contributed by atoms with E-state index >= 15 is 0 Å². The van der Waals surface area contributed by atoms with Crippen LogP contribution in [0.25, 0.3) is 0 Å². The van der Waals surface area contributed by atoms with E-state index in [-0.39, 0.29) is 17.6 Å². The van der Waals surface area contributed by atoms with Crippen molar-refractivity contribution < 1.29 is 17.9 Å². The van der Waals surface area contributed by atoms with Gasteiger partial charge in [-0.2, -0.15) is 24.9 Å². The van der Waals surface area contributed by atoms with Gasteiger partial charge in [0.25, 0.3) is 0 Å². The quantitative estimate of drug-likeness (QED) is 0.908. The summed E-state index contributed by atoms with van der Waals surface area (Å²) in [4.78, 5) is 7.45. The Balaban J connectivity index is 1.69. The van der Waals surface area contributed by atoms with Crippen LogP contribution in [0.5, 0.6) is 0 Å². The lowest BCUT2D eigenvalue weighted by molar-refractivity contribution is -0.141. The molecule has 1 N–H and O–H groups in total. The number of alkyl halides is 3. The normalized spacial score (nSPS) is 29.8. The monoisotopic (exact) mass is 319 g/mol. The minimum absolute atomic E-state index is 0.0394. The predicted molar refractivity (Wildman–Crippen MR) is 74.3 cm³/mol.